The molecule has 43 heavy (non-hydrogen) atoms. The molecule has 0 aliphatic carbocycles. The number of ether oxygens (including phenoxy) is 2. The predicted molar refractivity (Wildman–Crippen MR) is 173 cm³/mol. The van der Waals surface area contributed by atoms with Crippen LogP contribution in [0.3, 0.4) is 0 Å². The standard InChI is InChI=1S/C37H46N2O4/c1-3-5-7-9-11-13-27-41-34-25-23-30(24-26-34)29-15-19-32(20-16-29)36-38-35(39-43-36)31-17-21-33(22-18-31)37(40)42-28-14-12-10-8-6-4-2/h15-26H,3-14,27-28H2,1-2H3. The van der Waals surface area contributed by atoms with E-state index in [-0.39, 0.29) is 5.97 Å². The van der Waals surface area contributed by atoms with Crippen LogP contribution in [-0.2, 0) is 4.74 Å². The Morgan fingerprint density at radius 3 is 1.74 bits per heavy atom. The lowest BCUT2D eigenvalue weighted by Crippen LogP contribution is -2.06. The highest BCUT2D eigenvalue weighted by molar-refractivity contribution is 5.89. The summed E-state index contributed by atoms with van der Waals surface area (Å²) in [7, 11) is 0. The Morgan fingerprint density at radius 2 is 1.12 bits per heavy atom. The van der Waals surface area contributed by atoms with Gasteiger partial charge in [0.15, 0.2) is 0 Å². The minimum atomic E-state index is -0.302. The summed E-state index contributed by atoms with van der Waals surface area (Å²) in [5, 5.41) is 4.15. The van der Waals surface area contributed by atoms with Crippen molar-refractivity contribution < 1.29 is 18.8 Å². The molecule has 0 bridgehead atoms. The number of hydrogen-bond acceptors (Lipinski definition) is 6. The Morgan fingerprint density at radius 1 is 0.605 bits per heavy atom. The number of esters is 1. The molecule has 0 unspecified atom stereocenters. The molecule has 0 amide bonds. The molecule has 6 heteroatoms. The summed E-state index contributed by atoms with van der Waals surface area (Å²) in [5.74, 6) is 1.53. The molecule has 0 atom stereocenters. The number of carbonyl (C=O) groups is 1. The Kier molecular flexibility index (Phi) is 13.3. The van der Waals surface area contributed by atoms with E-state index in [0.29, 0.717) is 23.9 Å². The van der Waals surface area contributed by atoms with Crippen LogP contribution in [0.15, 0.2) is 77.3 Å². The van der Waals surface area contributed by atoms with E-state index in [0.717, 1.165) is 53.9 Å². The number of aromatic nitrogens is 2. The first-order valence-corrected chi connectivity index (χ1v) is 16.1. The first-order chi connectivity index (χ1) is 21.2. The van der Waals surface area contributed by atoms with Crippen LogP contribution in [-0.4, -0.2) is 29.3 Å². The van der Waals surface area contributed by atoms with E-state index in [2.05, 4.69) is 48.3 Å². The van der Waals surface area contributed by atoms with Crippen LogP contribution in [0.25, 0.3) is 34.0 Å². The molecule has 1 aromatic heterocycles. The van der Waals surface area contributed by atoms with Gasteiger partial charge in [0, 0.05) is 11.1 Å². The van der Waals surface area contributed by atoms with E-state index in [1.807, 2.05) is 36.4 Å². The molecular weight excluding hydrogens is 536 g/mol. The van der Waals surface area contributed by atoms with Crippen LogP contribution in [0.4, 0.5) is 0 Å². The van der Waals surface area contributed by atoms with Crippen molar-refractivity contribution in [3.05, 3.63) is 78.4 Å². The zero-order valence-electron chi connectivity index (χ0n) is 25.9. The van der Waals surface area contributed by atoms with Gasteiger partial charge in [0.25, 0.3) is 5.89 Å². The summed E-state index contributed by atoms with van der Waals surface area (Å²) >= 11 is 0. The monoisotopic (exact) mass is 582 g/mol. The summed E-state index contributed by atoms with van der Waals surface area (Å²) in [6.07, 6.45) is 14.5. The maximum absolute atomic E-state index is 12.4. The third-order valence-corrected chi connectivity index (χ3v) is 7.62. The molecule has 0 saturated heterocycles. The Hall–Kier alpha value is -3.93. The van der Waals surface area contributed by atoms with Gasteiger partial charge in [-0.05, 0) is 60.4 Å². The van der Waals surface area contributed by atoms with Gasteiger partial charge in [0.1, 0.15) is 5.75 Å². The third kappa shape index (κ3) is 10.4. The van der Waals surface area contributed by atoms with Crippen LogP contribution in [0.1, 0.15) is 101 Å². The normalized spacial score (nSPS) is 11.0. The van der Waals surface area contributed by atoms with Crippen molar-refractivity contribution in [1.29, 1.82) is 0 Å². The third-order valence-electron chi connectivity index (χ3n) is 7.62. The number of unbranched alkanes of at least 4 members (excludes halogenated alkanes) is 10. The fourth-order valence-corrected chi connectivity index (χ4v) is 4.97. The van der Waals surface area contributed by atoms with Gasteiger partial charge < -0.3 is 14.0 Å². The highest BCUT2D eigenvalue weighted by Crippen LogP contribution is 2.27. The molecule has 0 aliphatic heterocycles. The van der Waals surface area contributed by atoms with Crippen molar-refractivity contribution in [3.63, 3.8) is 0 Å². The van der Waals surface area contributed by atoms with E-state index in [9.17, 15) is 4.79 Å². The molecule has 1 heterocycles. The molecule has 0 N–H and O–H groups in total. The van der Waals surface area contributed by atoms with Gasteiger partial charge in [0.05, 0.1) is 18.8 Å². The maximum atomic E-state index is 12.4. The second kappa shape index (κ2) is 17.9. The predicted octanol–water partition coefficient (Wildman–Crippen LogP) is 10.3. The molecular formula is C37H46N2O4. The van der Waals surface area contributed by atoms with Crippen LogP contribution in [0.2, 0.25) is 0 Å². The Balaban J connectivity index is 1.24. The summed E-state index contributed by atoms with van der Waals surface area (Å²) in [6, 6.07) is 23.4. The van der Waals surface area contributed by atoms with Crippen LogP contribution >= 0.6 is 0 Å². The highest BCUT2D eigenvalue weighted by atomic mass is 16.5. The van der Waals surface area contributed by atoms with Gasteiger partial charge in [-0.2, -0.15) is 4.98 Å². The molecule has 4 aromatic rings. The van der Waals surface area contributed by atoms with Gasteiger partial charge in [-0.15, -0.1) is 0 Å². The van der Waals surface area contributed by atoms with Gasteiger partial charge >= 0.3 is 5.97 Å². The number of benzene rings is 3. The fourth-order valence-electron chi connectivity index (χ4n) is 4.97. The maximum Gasteiger partial charge on any atom is 0.338 e. The second-order valence-electron chi connectivity index (χ2n) is 11.1. The SMILES string of the molecule is CCCCCCCCOC(=O)c1ccc(-c2noc(-c3ccc(-c4ccc(OCCCCCCCC)cc4)cc3)n2)cc1. The van der Waals surface area contributed by atoms with Crippen molar-refractivity contribution in [1.82, 2.24) is 10.1 Å². The van der Waals surface area contributed by atoms with Crippen molar-refractivity contribution in [2.45, 2.75) is 90.9 Å². The fraction of sp³-hybridized carbons (Fsp3) is 0.432. The first kappa shape index (κ1) is 32.0. The van der Waals surface area contributed by atoms with E-state index in [1.165, 1.54) is 57.8 Å². The largest absolute Gasteiger partial charge is 0.494 e. The minimum Gasteiger partial charge on any atom is -0.494 e. The van der Waals surface area contributed by atoms with Gasteiger partial charge in [0.2, 0.25) is 5.82 Å². The number of rotatable bonds is 19. The smallest absolute Gasteiger partial charge is 0.338 e. The summed E-state index contributed by atoms with van der Waals surface area (Å²) < 4.78 is 16.9. The van der Waals surface area contributed by atoms with E-state index in [4.69, 9.17) is 14.0 Å². The van der Waals surface area contributed by atoms with Gasteiger partial charge in [-0.3, -0.25) is 0 Å². The van der Waals surface area contributed by atoms with E-state index in [1.54, 1.807) is 12.1 Å². The highest BCUT2D eigenvalue weighted by Gasteiger charge is 2.13. The molecule has 6 nitrogen and oxygen atoms in total. The second-order valence-corrected chi connectivity index (χ2v) is 11.1. The average molecular weight is 583 g/mol. The molecule has 0 saturated carbocycles. The molecule has 0 spiro atoms. The van der Waals surface area contributed by atoms with Crippen molar-refractivity contribution >= 4 is 5.97 Å². The molecule has 0 radical (unpaired) electrons. The first-order valence-electron chi connectivity index (χ1n) is 16.1. The van der Waals surface area contributed by atoms with Crippen LogP contribution < -0.4 is 4.74 Å². The lowest BCUT2D eigenvalue weighted by Gasteiger charge is -2.08. The Labute approximate surface area is 256 Å². The lowest BCUT2D eigenvalue weighted by molar-refractivity contribution is 0.0497. The molecule has 0 aliphatic rings. The van der Waals surface area contributed by atoms with Crippen LogP contribution in [0.5, 0.6) is 5.75 Å². The quantitative estimate of drug-likeness (QED) is 0.0809. The lowest BCUT2D eigenvalue weighted by atomic mass is 10.0. The van der Waals surface area contributed by atoms with Gasteiger partial charge in [-0.25, -0.2) is 4.79 Å². The number of nitrogens with zero attached hydrogens (tertiary/aromatic N) is 2. The number of carbonyl (C=O) groups excluding carboxylic acids is 1. The number of hydrogen-bond donors (Lipinski definition) is 0. The molecule has 228 valence electrons. The zero-order chi connectivity index (χ0) is 30.1. The molecule has 4 rings (SSSR count). The van der Waals surface area contributed by atoms with Gasteiger partial charge in [-0.1, -0.05) is 120 Å². The minimum absolute atomic E-state index is 0.302. The van der Waals surface area contributed by atoms with Crippen molar-refractivity contribution in [2.24, 2.45) is 0 Å². The van der Waals surface area contributed by atoms with Crippen LogP contribution in [0, 0.1) is 0 Å². The van der Waals surface area contributed by atoms with Crippen molar-refractivity contribution in [3.8, 4) is 39.7 Å². The average Bonchev–Trinajstić information content (AvgIpc) is 3.55. The van der Waals surface area contributed by atoms with Crippen molar-refractivity contribution in [2.75, 3.05) is 13.2 Å². The molecule has 0 fully saturated rings. The summed E-state index contributed by atoms with van der Waals surface area (Å²) in [6.45, 7) is 5.67. The molecule has 3 aromatic carbocycles. The summed E-state index contributed by atoms with van der Waals surface area (Å²) in [4.78, 5) is 17.0. The Bertz CT molecular complexity index is 1340. The zero-order valence-corrected chi connectivity index (χ0v) is 25.9. The summed E-state index contributed by atoms with van der Waals surface area (Å²) in [5.41, 5.74) is 4.36. The van der Waals surface area contributed by atoms with E-state index >= 15 is 0 Å². The topological polar surface area (TPSA) is 74.5 Å². The van der Waals surface area contributed by atoms with E-state index < -0.39 is 0 Å².